The Labute approximate surface area is 90.1 Å². The highest BCUT2D eigenvalue weighted by Crippen LogP contribution is 2.08. The minimum Gasteiger partial charge on any atom is -0.336 e. The molecule has 0 aliphatic carbocycles. The molecular formula is C12H16N2O. The van der Waals surface area contributed by atoms with Gasteiger partial charge in [-0.3, -0.25) is 4.79 Å². The average Bonchev–Trinajstić information content (AvgIpc) is 2.26. The highest BCUT2D eigenvalue weighted by atomic mass is 16.2. The molecule has 80 valence electrons. The zero-order valence-electron chi connectivity index (χ0n) is 8.94. The van der Waals surface area contributed by atoms with Gasteiger partial charge in [0.25, 0.3) is 0 Å². The van der Waals surface area contributed by atoms with Crippen molar-refractivity contribution in [3.8, 4) is 0 Å². The average molecular weight is 204 g/mol. The summed E-state index contributed by atoms with van der Waals surface area (Å²) in [5.74, 6) is 0.199. The molecule has 1 atom stereocenters. The number of rotatable bonds is 2. The van der Waals surface area contributed by atoms with Crippen LogP contribution in [0.1, 0.15) is 12.5 Å². The molecule has 3 heteroatoms. The molecule has 1 fully saturated rings. The first-order valence-electron chi connectivity index (χ1n) is 5.33. The molecule has 1 aromatic rings. The van der Waals surface area contributed by atoms with Crippen molar-refractivity contribution in [2.45, 2.75) is 19.5 Å². The van der Waals surface area contributed by atoms with Crippen LogP contribution in [0.25, 0.3) is 0 Å². The Morgan fingerprint density at radius 1 is 1.40 bits per heavy atom. The van der Waals surface area contributed by atoms with Gasteiger partial charge in [0, 0.05) is 19.6 Å². The number of benzene rings is 1. The second-order valence-corrected chi connectivity index (χ2v) is 3.92. The topological polar surface area (TPSA) is 32.3 Å². The van der Waals surface area contributed by atoms with Crippen molar-refractivity contribution in [2.24, 2.45) is 0 Å². The van der Waals surface area contributed by atoms with Gasteiger partial charge in [-0.15, -0.1) is 0 Å². The molecule has 0 unspecified atom stereocenters. The lowest BCUT2D eigenvalue weighted by atomic mass is 10.1. The van der Waals surface area contributed by atoms with Gasteiger partial charge in [-0.05, 0) is 12.5 Å². The first-order valence-corrected chi connectivity index (χ1v) is 5.33. The van der Waals surface area contributed by atoms with Gasteiger partial charge in [0.1, 0.15) is 0 Å². The molecule has 0 spiro atoms. The number of piperazine rings is 1. The Balaban J connectivity index is 2.03. The van der Waals surface area contributed by atoms with Crippen LogP contribution in [0.4, 0.5) is 0 Å². The van der Waals surface area contributed by atoms with Crippen LogP contribution >= 0.6 is 0 Å². The molecular weight excluding hydrogens is 188 g/mol. The summed E-state index contributed by atoms with van der Waals surface area (Å²) in [5.41, 5.74) is 1.19. The number of carbonyl (C=O) groups is 1. The van der Waals surface area contributed by atoms with E-state index >= 15 is 0 Å². The van der Waals surface area contributed by atoms with E-state index in [1.54, 1.807) is 0 Å². The van der Waals surface area contributed by atoms with Crippen LogP contribution in [0.3, 0.4) is 0 Å². The first-order chi connectivity index (χ1) is 7.27. The SMILES string of the molecule is C[C@H]1NCCN(Cc2ccccc2)C1=O. The van der Waals surface area contributed by atoms with Gasteiger partial charge in [-0.25, -0.2) is 0 Å². The van der Waals surface area contributed by atoms with E-state index in [4.69, 9.17) is 0 Å². The zero-order chi connectivity index (χ0) is 10.7. The van der Waals surface area contributed by atoms with Crippen LogP contribution in [0.15, 0.2) is 30.3 Å². The highest BCUT2D eigenvalue weighted by molar-refractivity contribution is 5.82. The summed E-state index contributed by atoms with van der Waals surface area (Å²) in [5, 5.41) is 3.16. The molecule has 1 amide bonds. The van der Waals surface area contributed by atoms with E-state index in [1.165, 1.54) is 5.56 Å². The summed E-state index contributed by atoms with van der Waals surface area (Å²) >= 11 is 0. The lowest BCUT2D eigenvalue weighted by molar-refractivity contribution is -0.135. The van der Waals surface area contributed by atoms with E-state index in [9.17, 15) is 4.79 Å². The first kappa shape index (κ1) is 10.2. The number of hydrogen-bond acceptors (Lipinski definition) is 2. The lowest BCUT2D eigenvalue weighted by Gasteiger charge is -2.31. The molecule has 2 rings (SSSR count). The van der Waals surface area contributed by atoms with Crippen molar-refractivity contribution >= 4 is 5.91 Å². The summed E-state index contributed by atoms with van der Waals surface area (Å²) in [7, 11) is 0. The summed E-state index contributed by atoms with van der Waals surface area (Å²) in [6.45, 7) is 4.34. The third kappa shape index (κ3) is 2.36. The van der Waals surface area contributed by atoms with Gasteiger partial charge < -0.3 is 10.2 Å². The van der Waals surface area contributed by atoms with Crippen LogP contribution in [-0.2, 0) is 11.3 Å². The van der Waals surface area contributed by atoms with Crippen LogP contribution in [0.5, 0.6) is 0 Å². The normalized spacial score (nSPS) is 21.8. The van der Waals surface area contributed by atoms with Crippen LogP contribution in [0, 0.1) is 0 Å². The molecule has 3 nitrogen and oxygen atoms in total. The molecule has 0 aromatic heterocycles. The molecule has 1 N–H and O–H groups in total. The Kier molecular flexibility index (Phi) is 3.02. The molecule has 0 bridgehead atoms. The third-order valence-corrected chi connectivity index (χ3v) is 2.73. The Morgan fingerprint density at radius 3 is 2.87 bits per heavy atom. The van der Waals surface area contributed by atoms with E-state index < -0.39 is 0 Å². The Hall–Kier alpha value is -1.35. The maximum Gasteiger partial charge on any atom is 0.239 e. The number of nitrogens with zero attached hydrogens (tertiary/aromatic N) is 1. The van der Waals surface area contributed by atoms with E-state index in [-0.39, 0.29) is 11.9 Å². The molecule has 1 aliphatic rings. The van der Waals surface area contributed by atoms with Crippen molar-refractivity contribution in [3.05, 3.63) is 35.9 Å². The van der Waals surface area contributed by atoms with E-state index in [1.807, 2.05) is 30.0 Å². The second-order valence-electron chi connectivity index (χ2n) is 3.92. The smallest absolute Gasteiger partial charge is 0.239 e. The number of carbonyl (C=O) groups excluding carboxylic acids is 1. The standard InChI is InChI=1S/C12H16N2O/c1-10-12(15)14(8-7-13-10)9-11-5-3-2-4-6-11/h2-6,10,13H,7-9H2,1H3/t10-/m1/s1. The van der Waals surface area contributed by atoms with E-state index in [0.29, 0.717) is 0 Å². The molecule has 0 radical (unpaired) electrons. The van der Waals surface area contributed by atoms with Gasteiger partial charge in [0.2, 0.25) is 5.91 Å². The highest BCUT2D eigenvalue weighted by Gasteiger charge is 2.24. The Bertz CT molecular complexity index is 337. The maximum absolute atomic E-state index is 11.8. The van der Waals surface area contributed by atoms with Crippen LogP contribution in [-0.4, -0.2) is 29.9 Å². The van der Waals surface area contributed by atoms with Crippen molar-refractivity contribution in [1.29, 1.82) is 0 Å². The fraction of sp³-hybridized carbons (Fsp3) is 0.417. The van der Waals surface area contributed by atoms with Crippen molar-refractivity contribution < 1.29 is 4.79 Å². The third-order valence-electron chi connectivity index (χ3n) is 2.73. The largest absolute Gasteiger partial charge is 0.336 e. The molecule has 0 saturated carbocycles. The van der Waals surface area contributed by atoms with Gasteiger partial charge in [0.15, 0.2) is 0 Å². The molecule has 1 saturated heterocycles. The molecule has 15 heavy (non-hydrogen) atoms. The van der Waals surface area contributed by atoms with Crippen molar-refractivity contribution in [2.75, 3.05) is 13.1 Å². The van der Waals surface area contributed by atoms with Gasteiger partial charge in [0.05, 0.1) is 6.04 Å². The van der Waals surface area contributed by atoms with Gasteiger partial charge in [-0.2, -0.15) is 0 Å². The monoisotopic (exact) mass is 204 g/mol. The van der Waals surface area contributed by atoms with E-state index in [0.717, 1.165) is 19.6 Å². The van der Waals surface area contributed by atoms with Gasteiger partial charge in [-0.1, -0.05) is 30.3 Å². The summed E-state index contributed by atoms with van der Waals surface area (Å²) in [6, 6.07) is 10.1. The fourth-order valence-electron chi connectivity index (χ4n) is 1.85. The number of hydrogen-bond donors (Lipinski definition) is 1. The summed E-state index contributed by atoms with van der Waals surface area (Å²) < 4.78 is 0. The predicted molar refractivity (Wildman–Crippen MR) is 59.3 cm³/mol. The predicted octanol–water partition coefficient (Wildman–Crippen LogP) is 1.01. The molecule has 1 aromatic carbocycles. The molecule has 1 heterocycles. The minimum absolute atomic E-state index is 0.0394. The maximum atomic E-state index is 11.8. The minimum atomic E-state index is -0.0394. The van der Waals surface area contributed by atoms with Crippen molar-refractivity contribution in [3.63, 3.8) is 0 Å². The van der Waals surface area contributed by atoms with Crippen LogP contribution in [0.2, 0.25) is 0 Å². The van der Waals surface area contributed by atoms with E-state index in [2.05, 4.69) is 17.4 Å². The van der Waals surface area contributed by atoms with Gasteiger partial charge >= 0.3 is 0 Å². The number of amides is 1. The fourth-order valence-corrected chi connectivity index (χ4v) is 1.85. The van der Waals surface area contributed by atoms with Crippen LogP contribution < -0.4 is 5.32 Å². The molecule has 1 aliphatic heterocycles. The van der Waals surface area contributed by atoms with Crippen molar-refractivity contribution in [1.82, 2.24) is 10.2 Å². The summed E-state index contributed by atoms with van der Waals surface area (Å²) in [6.07, 6.45) is 0. The quantitative estimate of drug-likeness (QED) is 0.779. The lowest BCUT2D eigenvalue weighted by Crippen LogP contribution is -2.53. The summed E-state index contributed by atoms with van der Waals surface area (Å²) in [4.78, 5) is 13.7. The zero-order valence-corrected chi connectivity index (χ0v) is 8.94. The Morgan fingerprint density at radius 2 is 2.13 bits per heavy atom. The number of nitrogens with one attached hydrogen (secondary N) is 1. The second kappa shape index (κ2) is 4.45.